The summed E-state index contributed by atoms with van der Waals surface area (Å²) in [4.78, 5) is 10.7. The summed E-state index contributed by atoms with van der Waals surface area (Å²) in [6.07, 6.45) is 3.13. The van der Waals surface area contributed by atoms with E-state index in [9.17, 15) is 4.79 Å². The van der Waals surface area contributed by atoms with Crippen molar-refractivity contribution in [2.45, 2.75) is 31.6 Å². The monoisotopic (exact) mass is 210 g/mol. The van der Waals surface area contributed by atoms with E-state index in [-0.39, 0.29) is 5.92 Å². The Morgan fingerprint density at radius 3 is 2.60 bits per heavy atom. The van der Waals surface area contributed by atoms with Gasteiger partial charge in [-0.2, -0.15) is 0 Å². The third kappa shape index (κ3) is 2.11. The Bertz CT molecular complexity index is 353. The Morgan fingerprint density at radius 2 is 2.13 bits per heavy atom. The number of aromatic nitrogens is 1. The van der Waals surface area contributed by atoms with E-state index in [2.05, 4.69) is 5.16 Å². The van der Waals surface area contributed by atoms with Crippen LogP contribution in [0.3, 0.4) is 0 Å². The molecule has 2 rings (SSSR count). The van der Waals surface area contributed by atoms with Crippen molar-refractivity contribution in [3.63, 3.8) is 0 Å². The lowest BCUT2D eigenvalue weighted by Gasteiger charge is -2.24. The van der Waals surface area contributed by atoms with Gasteiger partial charge in [0.2, 0.25) is 5.88 Å². The number of nitrogens with zero attached hydrogens (tertiary/aromatic N) is 1. The third-order valence-electron chi connectivity index (χ3n) is 3.04. The van der Waals surface area contributed by atoms with E-state index in [1.54, 1.807) is 6.07 Å². The summed E-state index contributed by atoms with van der Waals surface area (Å²) in [7, 11) is 0. The predicted octanol–water partition coefficient (Wildman–Crippen LogP) is 1.62. The molecule has 15 heavy (non-hydrogen) atoms. The van der Waals surface area contributed by atoms with Gasteiger partial charge in [0, 0.05) is 12.0 Å². The Labute approximate surface area is 87.2 Å². The van der Waals surface area contributed by atoms with Crippen molar-refractivity contribution >= 4 is 11.9 Å². The molecule has 0 saturated heterocycles. The van der Waals surface area contributed by atoms with Crippen LogP contribution in [0.1, 0.15) is 37.3 Å². The average molecular weight is 210 g/mol. The van der Waals surface area contributed by atoms with Gasteiger partial charge in [-0.05, 0) is 25.7 Å². The number of nitrogens with two attached hydrogens (primary N) is 1. The van der Waals surface area contributed by atoms with E-state index < -0.39 is 5.97 Å². The fraction of sp³-hybridized carbons (Fsp3) is 0.600. The minimum Gasteiger partial charge on any atom is -0.481 e. The second-order valence-electron chi connectivity index (χ2n) is 4.04. The van der Waals surface area contributed by atoms with Crippen LogP contribution in [0.15, 0.2) is 10.6 Å². The number of carboxylic acid groups (broad SMARTS) is 1. The molecular weight excluding hydrogens is 196 g/mol. The number of rotatable bonds is 2. The molecule has 0 spiro atoms. The van der Waals surface area contributed by atoms with Gasteiger partial charge in [-0.3, -0.25) is 4.79 Å². The molecule has 0 amide bonds. The molecule has 1 aromatic rings. The minimum absolute atomic E-state index is 0.189. The van der Waals surface area contributed by atoms with Crippen molar-refractivity contribution in [3.05, 3.63) is 11.8 Å². The van der Waals surface area contributed by atoms with E-state index in [0.29, 0.717) is 24.6 Å². The van der Waals surface area contributed by atoms with Gasteiger partial charge in [0.05, 0.1) is 11.6 Å². The van der Waals surface area contributed by atoms with Crippen LogP contribution in [-0.4, -0.2) is 16.2 Å². The van der Waals surface area contributed by atoms with Crippen LogP contribution >= 0.6 is 0 Å². The number of aliphatic carboxylic acids is 1. The van der Waals surface area contributed by atoms with Crippen LogP contribution in [-0.2, 0) is 4.79 Å². The van der Waals surface area contributed by atoms with E-state index in [0.717, 1.165) is 18.5 Å². The molecule has 0 aliphatic heterocycles. The molecule has 82 valence electrons. The van der Waals surface area contributed by atoms with E-state index in [1.165, 1.54) is 0 Å². The molecule has 1 saturated carbocycles. The zero-order valence-corrected chi connectivity index (χ0v) is 8.35. The molecule has 0 atom stereocenters. The zero-order valence-electron chi connectivity index (χ0n) is 8.35. The second-order valence-corrected chi connectivity index (χ2v) is 4.04. The average Bonchev–Trinajstić information content (AvgIpc) is 2.65. The topological polar surface area (TPSA) is 89.4 Å². The first-order chi connectivity index (χ1) is 7.16. The maximum atomic E-state index is 10.7. The Kier molecular flexibility index (Phi) is 2.62. The molecule has 1 aliphatic rings. The van der Waals surface area contributed by atoms with Crippen LogP contribution in [0.5, 0.6) is 0 Å². The highest BCUT2D eigenvalue weighted by atomic mass is 16.5. The number of carboxylic acids is 1. The lowest BCUT2D eigenvalue weighted by molar-refractivity contribution is -0.142. The molecule has 5 nitrogen and oxygen atoms in total. The predicted molar refractivity (Wildman–Crippen MR) is 53.3 cm³/mol. The van der Waals surface area contributed by atoms with Gasteiger partial charge in [0.1, 0.15) is 0 Å². The Balaban J connectivity index is 1.96. The largest absolute Gasteiger partial charge is 0.481 e. The lowest BCUT2D eigenvalue weighted by atomic mass is 9.80. The molecule has 1 aromatic heterocycles. The molecule has 0 radical (unpaired) electrons. The molecule has 0 aromatic carbocycles. The van der Waals surface area contributed by atoms with Crippen molar-refractivity contribution in [1.29, 1.82) is 0 Å². The number of carbonyl (C=O) groups is 1. The van der Waals surface area contributed by atoms with Gasteiger partial charge in [0.15, 0.2) is 0 Å². The summed E-state index contributed by atoms with van der Waals surface area (Å²) in [6.45, 7) is 0. The van der Waals surface area contributed by atoms with Gasteiger partial charge < -0.3 is 15.4 Å². The molecule has 1 fully saturated rings. The van der Waals surface area contributed by atoms with Gasteiger partial charge in [0.25, 0.3) is 0 Å². The SMILES string of the molecule is Nc1cc(C2CCC(C(=O)O)CC2)no1. The minimum atomic E-state index is -0.687. The Morgan fingerprint density at radius 1 is 1.47 bits per heavy atom. The van der Waals surface area contributed by atoms with E-state index >= 15 is 0 Å². The smallest absolute Gasteiger partial charge is 0.306 e. The van der Waals surface area contributed by atoms with Crippen LogP contribution in [0.4, 0.5) is 5.88 Å². The van der Waals surface area contributed by atoms with E-state index in [1.807, 2.05) is 0 Å². The number of hydrogen-bond acceptors (Lipinski definition) is 4. The van der Waals surface area contributed by atoms with E-state index in [4.69, 9.17) is 15.4 Å². The summed E-state index contributed by atoms with van der Waals surface area (Å²) in [5.41, 5.74) is 6.30. The van der Waals surface area contributed by atoms with Crippen LogP contribution in [0, 0.1) is 5.92 Å². The normalized spacial score (nSPS) is 26.4. The first kappa shape index (κ1) is 10.0. The second kappa shape index (κ2) is 3.92. The quantitative estimate of drug-likeness (QED) is 0.774. The summed E-state index contributed by atoms with van der Waals surface area (Å²) in [5, 5.41) is 12.7. The number of hydrogen-bond donors (Lipinski definition) is 2. The maximum Gasteiger partial charge on any atom is 0.306 e. The van der Waals surface area contributed by atoms with Crippen molar-refractivity contribution in [2.75, 3.05) is 5.73 Å². The highest BCUT2D eigenvalue weighted by Gasteiger charge is 2.28. The van der Waals surface area contributed by atoms with Crippen LogP contribution in [0.25, 0.3) is 0 Å². The zero-order chi connectivity index (χ0) is 10.8. The summed E-state index contributed by atoms with van der Waals surface area (Å²) < 4.78 is 4.80. The highest BCUT2D eigenvalue weighted by Crippen LogP contribution is 2.35. The molecular formula is C10H14N2O3. The van der Waals surface area contributed by atoms with Crippen LogP contribution in [0.2, 0.25) is 0 Å². The number of anilines is 1. The first-order valence-corrected chi connectivity index (χ1v) is 5.11. The molecule has 5 heteroatoms. The Hall–Kier alpha value is -1.52. The lowest BCUT2D eigenvalue weighted by Crippen LogP contribution is -2.20. The summed E-state index contributed by atoms with van der Waals surface area (Å²) in [5.74, 6) is -0.245. The molecule has 3 N–H and O–H groups in total. The van der Waals surface area contributed by atoms with Crippen LogP contribution < -0.4 is 5.73 Å². The van der Waals surface area contributed by atoms with Crippen molar-refractivity contribution in [1.82, 2.24) is 5.16 Å². The molecule has 0 unspecified atom stereocenters. The standard InChI is InChI=1S/C10H14N2O3/c11-9-5-8(12-15-9)6-1-3-7(4-2-6)10(13)14/h5-7H,1-4,11H2,(H,13,14). The third-order valence-corrected chi connectivity index (χ3v) is 3.04. The summed E-state index contributed by atoms with van der Waals surface area (Å²) in [6, 6.07) is 1.73. The van der Waals surface area contributed by atoms with Gasteiger partial charge >= 0.3 is 5.97 Å². The van der Waals surface area contributed by atoms with Gasteiger partial charge in [-0.15, -0.1) is 0 Å². The maximum absolute atomic E-state index is 10.7. The highest BCUT2D eigenvalue weighted by molar-refractivity contribution is 5.70. The fourth-order valence-electron chi connectivity index (χ4n) is 2.13. The van der Waals surface area contributed by atoms with Crippen molar-refractivity contribution < 1.29 is 14.4 Å². The van der Waals surface area contributed by atoms with Crippen molar-refractivity contribution in [3.8, 4) is 0 Å². The van der Waals surface area contributed by atoms with Gasteiger partial charge in [-0.25, -0.2) is 0 Å². The summed E-state index contributed by atoms with van der Waals surface area (Å²) >= 11 is 0. The van der Waals surface area contributed by atoms with Crippen molar-refractivity contribution in [2.24, 2.45) is 5.92 Å². The number of nitrogen functional groups attached to an aromatic ring is 1. The first-order valence-electron chi connectivity index (χ1n) is 5.11. The van der Waals surface area contributed by atoms with Gasteiger partial charge in [-0.1, -0.05) is 5.16 Å². The molecule has 1 aliphatic carbocycles. The fourth-order valence-corrected chi connectivity index (χ4v) is 2.13. The molecule has 0 bridgehead atoms. The molecule has 1 heterocycles.